The molecule has 1 aromatic rings. The van der Waals surface area contributed by atoms with Gasteiger partial charge in [0.1, 0.15) is 0 Å². The maximum Gasteiger partial charge on any atom is 0.254 e. The van der Waals surface area contributed by atoms with Gasteiger partial charge in [-0.05, 0) is 24.1 Å². The fraction of sp³-hybridized carbons (Fsp3) is 0.462. The van der Waals surface area contributed by atoms with Gasteiger partial charge in [-0.1, -0.05) is 25.5 Å². The molecule has 3 heteroatoms. The Kier molecular flexibility index (Phi) is 3.88. The van der Waals surface area contributed by atoms with E-state index in [0.29, 0.717) is 0 Å². The Labute approximate surface area is 101 Å². The number of aryl methyl sites for hydroxylation is 1. The fourth-order valence-corrected chi connectivity index (χ4v) is 2.80. The number of carbonyl (C=O) groups is 1. The normalized spacial score (nSPS) is 15.4. The summed E-state index contributed by atoms with van der Waals surface area (Å²) in [5, 5.41) is 0. The van der Waals surface area contributed by atoms with E-state index in [0.717, 1.165) is 36.6 Å². The van der Waals surface area contributed by atoms with Crippen LogP contribution in [0.4, 0.5) is 0 Å². The first-order chi connectivity index (χ1) is 7.81. The Morgan fingerprint density at radius 1 is 1.38 bits per heavy atom. The first-order valence-electron chi connectivity index (χ1n) is 5.77. The SMILES string of the molecule is CCCc1ccc(C(=O)N2CCSC2)cc1. The zero-order valence-corrected chi connectivity index (χ0v) is 10.4. The second-order valence-electron chi connectivity index (χ2n) is 4.05. The van der Waals surface area contributed by atoms with Gasteiger partial charge >= 0.3 is 0 Å². The van der Waals surface area contributed by atoms with Crippen molar-refractivity contribution < 1.29 is 4.79 Å². The maximum atomic E-state index is 12.0. The Bertz CT molecular complexity index is 355. The van der Waals surface area contributed by atoms with Crippen LogP contribution in [0.3, 0.4) is 0 Å². The predicted octanol–water partition coefficient (Wildman–Crippen LogP) is 2.79. The van der Waals surface area contributed by atoms with Crippen LogP contribution in [0.2, 0.25) is 0 Å². The van der Waals surface area contributed by atoms with E-state index < -0.39 is 0 Å². The highest BCUT2D eigenvalue weighted by molar-refractivity contribution is 7.99. The molecule has 1 aromatic carbocycles. The van der Waals surface area contributed by atoms with Crippen LogP contribution in [0.25, 0.3) is 0 Å². The third-order valence-corrected chi connectivity index (χ3v) is 3.74. The molecule has 0 bridgehead atoms. The largest absolute Gasteiger partial charge is 0.329 e. The molecule has 1 aliphatic rings. The van der Waals surface area contributed by atoms with Crippen LogP contribution in [-0.4, -0.2) is 29.0 Å². The molecule has 86 valence electrons. The Morgan fingerprint density at radius 3 is 2.69 bits per heavy atom. The molecule has 1 heterocycles. The van der Waals surface area contributed by atoms with E-state index >= 15 is 0 Å². The summed E-state index contributed by atoms with van der Waals surface area (Å²) in [6.07, 6.45) is 2.24. The average Bonchev–Trinajstić information content (AvgIpc) is 2.83. The number of carbonyl (C=O) groups excluding carboxylic acids is 1. The van der Waals surface area contributed by atoms with Gasteiger partial charge in [0.15, 0.2) is 0 Å². The topological polar surface area (TPSA) is 20.3 Å². The minimum atomic E-state index is 0.174. The van der Waals surface area contributed by atoms with E-state index in [4.69, 9.17) is 0 Å². The smallest absolute Gasteiger partial charge is 0.254 e. The molecule has 1 saturated heterocycles. The third-order valence-electron chi connectivity index (χ3n) is 2.78. The van der Waals surface area contributed by atoms with Crippen LogP contribution in [-0.2, 0) is 6.42 Å². The molecule has 1 amide bonds. The molecule has 1 aliphatic heterocycles. The molecule has 2 nitrogen and oxygen atoms in total. The second kappa shape index (κ2) is 5.39. The molecule has 0 spiro atoms. The van der Waals surface area contributed by atoms with Gasteiger partial charge in [-0.3, -0.25) is 4.79 Å². The van der Waals surface area contributed by atoms with Crippen molar-refractivity contribution >= 4 is 17.7 Å². The molecule has 0 aromatic heterocycles. The summed E-state index contributed by atoms with van der Waals surface area (Å²) in [7, 11) is 0. The van der Waals surface area contributed by atoms with E-state index in [2.05, 4.69) is 19.1 Å². The second-order valence-corrected chi connectivity index (χ2v) is 5.13. The summed E-state index contributed by atoms with van der Waals surface area (Å²) in [6.45, 7) is 3.06. The van der Waals surface area contributed by atoms with E-state index in [-0.39, 0.29) is 5.91 Å². The van der Waals surface area contributed by atoms with Crippen molar-refractivity contribution in [3.63, 3.8) is 0 Å². The number of amides is 1. The molecule has 2 rings (SSSR count). The van der Waals surface area contributed by atoms with E-state index in [1.54, 1.807) is 0 Å². The van der Waals surface area contributed by atoms with Crippen molar-refractivity contribution in [2.75, 3.05) is 18.2 Å². The molecular formula is C13H17NOS. The minimum Gasteiger partial charge on any atom is -0.329 e. The summed E-state index contributed by atoms with van der Waals surface area (Å²) < 4.78 is 0. The first kappa shape index (κ1) is 11.5. The number of hydrogen-bond donors (Lipinski definition) is 0. The maximum absolute atomic E-state index is 12.0. The molecule has 1 fully saturated rings. The van der Waals surface area contributed by atoms with Gasteiger partial charge in [-0.25, -0.2) is 0 Å². The van der Waals surface area contributed by atoms with Crippen LogP contribution in [0, 0.1) is 0 Å². The van der Waals surface area contributed by atoms with Gasteiger partial charge in [0.05, 0.1) is 5.88 Å². The lowest BCUT2D eigenvalue weighted by Gasteiger charge is -2.14. The number of nitrogens with zero attached hydrogens (tertiary/aromatic N) is 1. The molecule has 0 radical (unpaired) electrons. The highest BCUT2D eigenvalue weighted by Gasteiger charge is 2.19. The van der Waals surface area contributed by atoms with Crippen molar-refractivity contribution in [3.8, 4) is 0 Å². The van der Waals surface area contributed by atoms with Gasteiger partial charge < -0.3 is 4.90 Å². The Balaban J connectivity index is 2.05. The van der Waals surface area contributed by atoms with Crippen molar-refractivity contribution in [2.45, 2.75) is 19.8 Å². The van der Waals surface area contributed by atoms with Gasteiger partial charge in [0.2, 0.25) is 0 Å². The minimum absolute atomic E-state index is 0.174. The monoisotopic (exact) mass is 235 g/mol. The van der Waals surface area contributed by atoms with E-state index in [1.165, 1.54) is 5.56 Å². The van der Waals surface area contributed by atoms with Crippen molar-refractivity contribution in [3.05, 3.63) is 35.4 Å². The standard InChI is InChI=1S/C13H17NOS/c1-2-3-11-4-6-12(7-5-11)13(15)14-8-9-16-10-14/h4-7H,2-3,8-10H2,1H3. The molecule has 0 atom stereocenters. The van der Waals surface area contributed by atoms with Crippen LogP contribution in [0.15, 0.2) is 24.3 Å². The number of thioether (sulfide) groups is 1. The number of benzene rings is 1. The fourth-order valence-electron chi connectivity index (χ4n) is 1.86. The van der Waals surface area contributed by atoms with E-state index in [9.17, 15) is 4.79 Å². The van der Waals surface area contributed by atoms with Gasteiger partial charge in [0.25, 0.3) is 5.91 Å². The summed E-state index contributed by atoms with van der Waals surface area (Å²) in [5.74, 6) is 2.09. The Morgan fingerprint density at radius 2 is 2.12 bits per heavy atom. The Hall–Kier alpha value is -0.960. The molecule has 0 aliphatic carbocycles. The van der Waals surface area contributed by atoms with Crippen molar-refractivity contribution in [1.82, 2.24) is 4.90 Å². The number of rotatable bonds is 3. The summed E-state index contributed by atoms with van der Waals surface area (Å²) >= 11 is 1.82. The third kappa shape index (κ3) is 2.59. The molecule has 0 N–H and O–H groups in total. The molecule has 0 saturated carbocycles. The average molecular weight is 235 g/mol. The lowest BCUT2D eigenvalue weighted by molar-refractivity contribution is 0.0803. The zero-order chi connectivity index (χ0) is 11.4. The number of hydrogen-bond acceptors (Lipinski definition) is 2. The molecular weight excluding hydrogens is 218 g/mol. The van der Waals surface area contributed by atoms with Crippen molar-refractivity contribution in [1.29, 1.82) is 0 Å². The molecule has 0 unspecified atom stereocenters. The van der Waals surface area contributed by atoms with Crippen LogP contribution in [0.1, 0.15) is 29.3 Å². The van der Waals surface area contributed by atoms with Gasteiger partial charge in [-0.2, -0.15) is 0 Å². The first-order valence-corrected chi connectivity index (χ1v) is 6.92. The van der Waals surface area contributed by atoms with Crippen molar-refractivity contribution in [2.24, 2.45) is 0 Å². The lowest BCUT2D eigenvalue weighted by Crippen LogP contribution is -2.27. The van der Waals surface area contributed by atoms with Gasteiger partial charge in [-0.15, -0.1) is 11.8 Å². The van der Waals surface area contributed by atoms with Crippen LogP contribution < -0.4 is 0 Å². The summed E-state index contributed by atoms with van der Waals surface area (Å²) in [4.78, 5) is 13.9. The van der Waals surface area contributed by atoms with Crippen LogP contribution >= 0.6 is 11.8 Å². The zero-order valence-electron chi connectivity index (χ0n) is 9.61. The van der Waals surface area contributed by atoms with E-state index in [1.807, 2.05) is 28.8 Å². The summed E-state index contributed by atoms with van der Waals surface area (Å²) in [5.41, 5.74) is 2.14. The highest BCUT2D eigenvalue weighted by atomic mass is 32.2. The predicted molar refractivity (Wildman–Crippen MR) is 68.8 cm³/mol. The van der Waals surface area contributed by atoms with Crippen LogP contribution in [0.5, 0.6) is 0 Å². The summed E-state index contributed by atoms with van der Waals surface area (Å²) in [6, 6.07) is 8.05. The lowest BCUT2D eigenvalue weighted by atomic mass is 10.1. The quantitative estimate of drug-likeness (QED) is 0.803. The highest BCUT2D eigenvalue weighted by Crippen LogP contribution is 2.17. The molecule has 16 heavy (non-hydrogen) atoms. The van der Waals surface area contributed by atoms with Gasteiger partial charge in [0, 0.05) is 17.9 Å².